The number of nitrogens with two attached hydrogens (primary N) is 1. The van der Waals surface area contributed by atoms with Crippen molar-refractivity contribution < 1.29 is 4.79 Å². The van der Waals surface area contributed by atoms with E-state index in [-0.39, 0.29) is 17.4 Å². The highest BCUT2D eigenvalue weighted by Gasteiger charge is 2.26. The van der Waals surface area contributed by atoms with Crippen LogP contribution in [0.3, 0.4) is 0 Å². The van der Waals surface area contributed by atoms with E-state index in [9.17, 15) is 9.59 Å². The van der Waals surface area contributed by atoms with Gasteiger partial charge in [-0.25, -0.2) is 9.59 Å². The number of halogens is 1. The summed E-state index contributed by atoms with van der Waals surface area (Å²) in [6.45, 7) is 7.48. The summed E-state index contributed by atoms with van der Waals surface area (Å²) in [5.41, 5.74) is 7.29. The molecule has 0 spiro atoms. The molecular formula is C22H30ClN7O2. The van der Waals surface area contributed by atoms with Crippen LogP contribution in [-0.4, -0.2) is 70.2 Å². The smallest absolute Gasteiger partial charge is 0.325 e. The number of anilines is 1. The minimum Gasteiger partial charge on any atom is -0.325 e. The van der Waals surface area contributed by atoms with E-state index in [1.54, 1.807) is 23.2 Å². The highest BCUT2D eigenvalue weighted by molar-refractivity contribution is 6.31. The number of benzene rings is 1. The van der Waals surface area contributed by atoms with Crippen LogP contribution in [0.2, 0.25) is 5.02 Å². The number of nitrogens with zero attached hydrogens (tertiary/aromatic N) is 4. The van der Waals surface area contributed by atoms with Gasteiger partial charge in [-0.15, -0.1) is 0 Å². The van der Waals surface area contributed by atoms with Gasteiger partial charge in [-0.1, -0.05) is 17.7 Å². The van der Waals surface area contributed by atoms with Crippen LogP contribution in [0.5, 0.6) is 0 Å². The lowest BCUT2D eigenvalue weighted by Gasteiger charge is -2.36. The van der Waals surface area contributed by atoms with Crippen LogP contribution in [0.15, 0.2) is 35.3 Å². The molecule has 9 nitrogen and oxygen atoms in total. The van der Waals surface area contributed by atoms with E-state index < -0.39 is 5.69 Å². The van der Waals surface area contributed by atoms with E-state index >= 15 is 0 Å². The monoisotopic (exact) mass is 459 g/mol. The van der Waals surface area contributed by atoms with Crippen molar-refractivity contribution in [2.45, 2.75) is 31.8 Å². The third kappa shape index (κ3) is 5.47. The summed E-state index contributed by atoms with van der Waals surface area (Å²) < 4.78 is 1.41. The molecule has 3 heterocycles. The summed E-state index contributed by atoms with van der Waals surface area (Å²) in [7, 11) is 0. The number of likely N-dealkylation sites (tertiary alicyclic amines) is 1. The topological polar surface area (TPSA) is 109 Å². The van der Waals surface area contributed by atoms with Crippen molar-refractivity contribution >= 4 is 23.4 Å². The molecule has 4 N–H and O–H groups in total. The van der Waals surface area contributed by atoms with Crippen molar-refractivity contribution in [2.24, 2.45) is 5.73 Å². The SMILES string of the molecule is CC1(N)CCN(Cc2ccc(-n3ccc(NC(=O)N4CCNCC4)nc3=O)cc2Cl)CC1. The van der Waals surface area contributed by atoms with Crippen LogP contribution in [0, 0.1) is 0 Å². The molecular weight excluding hydrogens is 430 g/mol. The Morgan fingerprint density at radius 2 is 1.94 bits per heavy atom. The molecule has 0 radical (unpaired) electrons. The van der Waals surface area contributed by atoms with Crippen LogP contribution in [0.1, 0.15) is 25.3 Å². The van der Waals surface area contributed by atoms with E-state index in [0.717, 1.165) is 51.1 Å². The summed E-state index contributed by atoms with van der Waals surface area (Å²) in [5, 5.41) is 6.49. The average molecular weight is 460 g/mol. The molecule has 1 aromatic carbocycles. The third-order valence-corrected chi connectivity index (χ3v) is 6.50. The van der Waals surface area contributed by atoms with Gasteiger partial charge in [0.15, 0.2) is 0 Å². The van der Waals surface area contributed by atoms with Crippen molar-refractivity contribution in [3.63, 3.8) is 0 Å². The predicted molar refractivity (Wildman–Crippen MR) is 125 cm³/mol. The maximum atomic E-state index is 12.6. The van der Waals surface area contributed by atoms with Gasteiger partial charge in [0, 0.05) is 62.6 Å². The lowest BCUT2D eigenvalue weighted by atomic mass is 9.91. The molecule has 2 saturated heterocycles. The number of amides is 2. The van der Waals surface area contributed by atoms with Crippen LogP contribution < -0.4 is 22.1 Å². The van der Waals surface area contributed by atoms with Crippen molar-refractivity contribution in [1.29, 1.82) is 0 Å². The first-order chi connectivity index (χ1) is 15.3. The Morgan fingerprint density at radius 3 is 2.59 bits per heavy atom. The summed E-state index contributed by atoms with van der Waals surface area (Å²) in [6, 6.07) is 6.94. The molecule has 32 heavy (non-hydrogen) atoms. The van der Waals surface area contributed by atoms with Gasteiger partial charge in [0.25, 0.3) is 0 Å². The lowest BCUT2D eigenvalue weighted by molar-refractivity contribution is 0.165. The molecule has 0 saturated carbocycles. The second kappa shape index (κ2) is 9.58. The van der Waals surface area contributed by atoms with E-state index in [4.69, 9.17) is 17.3 Å². The highest BCUT2D eigenvalue weighted by Crippen LogP contribution is 2.25. The Balaban J connectivity index is 1.42. The number of hydrogen-bond donors (Lipinski definition) is 3. The van der Waals surface area contributed by atoms with Gasteiger partial charge in [0.2, 0.25) is 0 Å². The number of hydrogen-bond acceptors (Lipinski definition) is 6. The van der Waals surface area contributed by atoms with Crippen LogP contribution >= 0.6 is 11.6 Å². The van der Waals surface area contributed by atoms with E-state index in [1.807, 2.05) is 12.1 Å². The molecule has 10 heteroatoms. The molecule has 2 fully saturated rings. The Labute approximate surface area is 192 Å². The number of carbonyl (C=O) groups excluding carboxylic acids is 1. The standard InChI is InChI=1S/C22H30ClN7O2/c1-22(24)5-10-28(11-6-22)15-16-2-3-17(14-18(16)23)30-9-4-19(27-21(30)32)26-20(31)29-12-7-25-8-13-29/h2-4,9,14,25H,5-8,10-13,15,24H2,1H3,(H,26,27,31,32). The zero-order valence-electron chi connectivity index (χ0n) is 18.3. The number of aromatic nitrogens is 2. The van der Waals surface area contributed by atoms with Gasteiger partial charge in [0.1, 0.15) is 5.82 Å². The third-order valence-electron chi connectivity index (χ3n) is 6.15. The molecule has 2 aromatic rings. The fourth-order valence-electron chi connectivity index (χ4n) is 4.00. The van der Waals surface area contributed by atoms with Gasteiger partial charge >= 0.3 is 11.7 Å². The fourth-order valence-corrected chi connectivity index (χ4v) is 4.24. The summed E-state index contributed by atoms with van der Waals surface area (Å²) in [4.78, 5) is 33.0. The van der Waals surface area contributed by atoms with Gasteiger partial charge < -0.3 is 16.0 Å². The number of piperazine rings is 1. The predicted octanol–water partition coefficient (Wildman–Crippen LogP) is 1.64. The average Bonchev–Trinajstić information content (AvgIpc) is 2.77. The Morgan fingerprint density at radius 1 is 1.22 bits per heavy atom. The van der Waals surface area contributed by atoms with Gasteiger partial charge in [-0.3, -0.25) is 14.8 Å². The molecule has 0 bridgehead atoms. The van der Waals surface area contributed by atoms with Gasteiger partial charge in [-0.05, 0) is 43.5 Å². The van der Waals surface area contributed by atoms with E-state index in [2.05, 4.69) is 27.4 Å². The molecule has 2 amide bonds. The van der Waals surface area contributed by atoms with Crippen LogP contribution in [0.4, 0.5) is 10.6 Å². The van der Waals surface area contributed by atoms with Gasteiger partial charge in [0.05, 0.1) is 5.69 Å². The zero-order chi connectivity index (χ0) is 22.7. The Hall–Kier alpha value is -2.46. The van der Waals surface area contributed by atoms with E-state index in [1.165, 1.54) is 4.57 Å². The second-order valence-electron chi connectivity index (χ2n) is 8.84. The zero-order valence-corrected chi connectivity index (χ0v) is 19.1. The molecule has 0 unspecified atom stereocenters. The number of nitrogens with one attached hydrogen (secondary N) is 2. The molecule has 0 aliphatic carbocycles. The largest absolute Gasteiger partial charge is 0.354 e. The second-order valence-corrected chi connectivity index (χ2v) is 9.25. The van der Waals surface area contributed by atoms with Crippen LogP contribution in [-0.2, 0) is 6.54 Å². The number of rotatable bonds is 4. The normalized spacial score (nSPS) is 19.0. The van der Waals surface area contributed by atoms with Crippen molar-refractivity contribution in [2.75, 3.05) is 44.6 Å². The van der Waals surface area contributed by atoms with Crippen molar-refractivity contribution in [3.05, 3.63) is 51.5 Å². The lowest BCUT2D eigenvalue weighted by Crippen LogP contribution is -2.48. The molecule has 1 aromatic heterocycles. The molecule has 0 atom stereocenters. The maximum Gasteiger partial charge on any atom is 0.354 e. The summed E-state index contributed by atoms with van der Waals surface area (Å²) >= 11 is 6.54. The Kier molecular flexibility index (Phi) is 6.80. The Bertz CT molecular complexity index is 1020. The number of carbonyl (C=O) groups is 1. The molecule has 2 aliphatic rings. The maximum absolute atomic E-state index is 12.6. The quantitative estimate of drug-likeness (QED) is 0.641. The molecule has 2 aliphatic heterocycles. The number of piperidine rings is 1. The van der Waals surface area contributed by atoms with Gasteiger partial charge in [-0.2, -0.15) is 4.98 Å². The van der Waals surface area contributed by atoms with Crippen molar-refractivity contribution in [3.8, 4) is 5.69 Å². The molecule has 4 rings (SSSR count). The number of urea groups is 1. The minimum absolute atomic E-state index is 0.0884. The van der Waals surface area contributed by atoms with Crippen LogP contribution in [0.25, 0.3) is 5.69 Å². The summed E-state index contributed by atoms with van der Waals surface area (Å²) in [5.74, 6) is 0.231. The molecule has 172 valence electrons. The first-order valence-corrected chi connectivity index (χ1v) is 11.3. The first kappa shape index (κ1) is 22.7. The van der Waals surface area contributed by atoms with Crippen molar-refractivity contribution in [1.82, 2.24) is 24.7 Å². The first-order valence-electron chi connectivity index (χ1n) is 11.0. The minimum atomic E-state index is -0.481. The van der Waals surface area contributed by atoms with E-state index in [0.29, 0.717) is 23.8 Å². The fraction of sp³-hybridized carbons (Fsp3) is 0.500. The summed E-state index contributed by atoms with van der Waals surface area (Å²) in [6.07, 6.45) is 3.52. The highest BCUT2D eigenvalue weighted by atomic mass is 35.5.